The number of methoxy groups -OCH3 is 1. The van der Waals surface area contributed by atoms with Crippen molar-refractivity contribution < 1.29 is 19.4 Å². The third-order valence-electron chi connectivity index (χ3n) is 4.42. The lowest BCUT2D eigenvalue weighted by atomic mass is 10.0. The molecular formula is C20H23NO4. The highest BCUT2D eigenvalue weighted by molar-refractivity contribution is 5.78. The van der Waals surface area contributed by atoms with Crippen molar-refractivity contribution >= 4 is 5.91 Å². The van der Waals surface area contributed by atoms with Crippen LogP contribution in [0.1, 0.15) is 23.6 Å². The van der Waals surface area contributed by atoms with E-state index in [1.165, 1.54) is 0 Å². The van der Waals surface area contributed by atoms with Crippen LogP contribution in [0, 0.1) is 0 Å². The normalized spacial score (nSPS) is 19.8. The summed E-state index contributed by atoms with van der Waals surface area (Å²) in [5, 5.41) is 10.0. The van der Waals surface area contributed by atoms with Gasteiger partial charge in [0.15, 0.2) is 0 Å². The van der Waals surface area contributed by atoms with Crippen LogP contribution < -0.4 is 4.74 Å². The standard InChI is InChI=1S/C20H23NO4/c1-24-18-9-5-8-16(10-18)19-11-17(22)12-21(19)20(23)14-25-13-15-6-3-2-4-7-15/h2-10,17,19,22H,11-14H2,1H3/t17-,19-/m0/s1. The van der Waals surface area contributed by atoms with Crippen LogP contribution >= 0.6 is 0 Å². The highest BCUT2D eigenvalue weighted by Gasteiger charge is 2.35. The minimum absolute atomic E-state index is 0.00207. The van der Waals surface area contributed by atoms with E-state index in [-0.39, 0.29) is 18.6 Å². The predicted octanol–water partition coefficient (Wildman–Crippen LogP) is 2.55. The van der Waals surface area contributed by atoms with Crippen LogP contribution in [-0.4, -0.2) is 42.3 Å². The van der Waals surface area contributed by atoms with E-state index in [0.717, 1.165) is 16.9 Å². The Hall–Kier alpha value is -2.37. The summed E-state index contributed by atoms with van der Waals surface area (Å²) >= 11 is 0. The molecule has 1 amide bonds. The van der Waals surface area contributed by atoms with Crippen molar-refractivity contribution in [3.63, 3.8) is 0 Å². The van der Waals surface area contributed by atoms with E-state index >= 15 is 0 Å². The number of likely N-dealkylation sites (tertiary alicyclic amines) is 1. The van der Waals surface area contributed by atoms with Gasteiger partial charge in [-0.05, 0) is 29.7 Å². The maximum atomic E-state index is 12.6. The fourth-order valence-electron chi connectivity index (χ4n) is 3.17. The molecule has 1 heterocycles. The quantitative estimate of drug-likeness (QED) is 0.877. The Morgan fingerprint density at radius 1 is 1.20 bits per heavy atom. The van der Waals surface area contributed by atoms with Crippen molar-refractivity contribution in [2.75, 3.05) is 20.3 Å². The van der Waals surface area contributed by atoms with Crippen molar-refractivity contribution in [2.45, 2.75) is 25.2 Å². The molecular weight excluding hydrogens is 318 g/mol. The Kier molecular flexibility index (Phi) is 5.68. The van der Waals surface area contributed by atoms with Crippen LogP contribution in [0.15, 0.2) is 54.6 Å². The van der Waals surface area contributed by atoms with Crippen LogP contribution in [0.4, 0.5) is 0 Å². The second-order valence-corrected chi connectivity index (χ2v) is 6.21. The maximum Gasteiger partial charge on any atom is 0.249 e. The van der Waals surface area contributed by atoms with E-state index in [9.17, 15) is 9.90 Å². The molecule has 0 saturated carbocycles. The predicted molar refractivity (Wildman–Crippen MR) is 94.2 cm³/mol. The summed E-state index contributed by atoms with van der Waals surface area (Å²) in [6.07, 6.45) is 0.00620. The number of carbonyl (C=O) groups excluding carboxylic acids is 1. The summed E-state index contributed by atoms with van der Waals surface area (Å²) in [5.41, 5.74) is 1.99. The zero-order chi connectivity index (χ0) is 17.6. The maximum absolute atomic E-state index is 12.6. The topological polar surface area (TPSA) is 59.0 Å². The Morgan fingerprint density at radius 3 is 2.76 bits per heavy atom. The van der Waals surface area contributed by atoms with Gasteiger partial charge in [-0.2, -0.15) is 0 Å². The van der Waals surface area contributed by atoms with E-state index in [1.807, 2.05) is 54.6 Å². The minimum Gasteiger partial charge on any atom is -0.497 e. The van der Waals surface area contributed by atoms with E-state index in [4.69, 9.17) is 9.47 Å². The number of ether oxygens (including phenoxy) is 2. The van der Waals surface area contributed by atoms with Gasteiger partial charge in [0.1, 0.15) is 12.4 Å². The Morgan fingerprint density at radius 2 is 2.00 bits per heavy atom. The number of carbonyl (C=O) groups is 1. The molecule has 1 fully saturated rings. The van der Waals surface area contributed by atoms with Crippen molar-refractivity contribution in [3.8, 4) is 5.75 Å². The molecule has 0 bridgehead atoms. The Labute approximate surface area is 147 Å². The zero-order valence-electron chi connectivity index (χ0n) is 14.3. The number of hydrogen-bond acceptors (Lipinski definition) is 4. The number of β-amino-alcohol motifs (C(OH)–C–C–N with tert-alkyl or cyclic N) is 1. The summed E-state index contributed by atoms with van der Waals surface area (Å²) in [5.74, 6) is 0.631. The van der Waals surface area contributed by atoms with Gasteiger partial charge in [0.05, 0.1) is 25.9 Å². The molecule has 0 spiro atoms. The van der Waals surface area contributed by atoms with Crippen molar-refractivity contribution in [1.29, 1.82) is 0 Å². The first kappa shape index (κ1) is 17.5. The highest BCUT2D eigenvalue weighted by Crippen LogP contribution is 2.33. The number of aliphatic hydroxyl groups is 1. The van der Waals surface area contributed by atoms with Crippen LogP contribution in [0.25, 0.3) is 0 Å². The molecule has 0 radical (unpaired) electrons. The summed E-state index contributed by atoms with van der Waals surface area (Å²) in [7, 11) is 1.61. The second-order valence-electron chi connectivity index (χ2n) is 6.21. The Bertz CT molecular complexity index is 704. The minimum atomic E-state index is -0.519. The molecule has 0 aromatic heterocycles. The van der Waals surface area contributed by atoms with Crippen LogP contribution in [0.3, 0.4) is 0 Å². The van der Waals surface area contributed by atoms with Gasteiger partial charge in [0, 0.05) is 6.54 Å². The van der Waals surface area contributed by atoms with Gasteiger partial charge in [0.25, 0.3) is 0 Å². The van der Waals surface area contributed by atoms with Crippen molar-refractivity contribution in [1.82, 2.24) is 4.90 Å². The summed E-state index contributed by atoms with van der Waals surface area (Å²) in [6, 6.07) is 17.2. The van der Waals surface area contributed by atoms with Gasteiger partial charge in [-0.1, -0.05) is 42.5 Å². The first-order chi connectivity index (χ1) is 12.2. The summed E-state index contributed by atoms with van der Waals surface area (Å²) in [6.45, 7) is 0.726. The lowest BCUT2D eigenvalue weighted by Crippen LogP contribution is -2.34. The molecule has 0 unspecified atom stereocenters. The number of amides is 1. The van der Waals surface area contributed by atoms with Gasteiger partial charge in [-0.25, -0.2) is 0 Å². The summed E-state index contributed by atoms with van der Waals surface area (Å²) < 4.78 is 10.8. The van der Waals surface area contributed by atoms with Gasteiger partial charge in [-0.15, -0.1) is 0 Å². The number of aliphatic hydroxyl groups excluding tert-OH is 1. The molecule has 2 aromatic rings. The molecule has 5 heteroatoms. The van der Waals surface area contributed by atoms with Crippen LogP contribution in [0.5, 0.6) is 5.75 Å². The molecule has 1 aliphatic heterocycles. The smallest absolute Gasteiger partial charge is 0.249 e. The van der Waals surface area contributed by atoms with Crippen LogP contribution in [-0.2, 0) is 16.1 Å². The monoisotopic (exact) mass is 341 g/mol. The molecule has 0 aliphatic carbocycles. The molecule has 132 valence electrons. The fraction of sp³-hybridized carbons (Fsp3) is 0.350. The van der Waals surface area contributed by atoms with E-state index in [0.29, 0.717) is 19.6 Å². The first-order valence-electron chi connectivity index (χ1n) is 8.40. The molecule has 1 saturated heterocycles. The average Bonchev–Trinajstić information content (AvgIpc) is 3.04. The molecule has 5 nitrogen and oxygen atoms in total. The largest absolute Gasteiger partial charge is 0.497 e. The van der Waals surface area contributed by atoms with Gasteiger partial charge < -0.3 is 19.5 Å². The van der Waals surface area contributed by atoms with E-state index in [1.54, 1.807) is 12.0 Å². The Balaban J connectivity index is 1.63. The van der Waals surface area contributed by atoms with Gasteiger partial charge >= 0.3 is 0 Å². The second kappa shape index (κ2) is 8.14. The third-order valence-corrected chi connectivity index (χ3v) is 4.42. The van der Waals surface area contributed by atoms with Crippen molar-refractivity contribution in [3.05, 3.63) is 65.7 Å². The average molecular weight is 341 g/mol. The molecule has 2 aromatic carbocycles. The van der Waals surface area contributed by atoms with E-state index < -0.39 is 6.10 Å². The molecule has 2 atom stereocenters. The SMILES string of the molecule is COc1cccc([C@@H]2C[C@H](O)CN2C(=O)COCc2ccccc2)c1. The summed E-state index contributed by atoms with van der Waals surface area (Å²) in [4.78, 5) is 14.3. The third kappa shape index (κ3) is 4.38. The molecule has 1 aliphatic rings. The fourth-order valence-corrected chi connectivity index (χ4v) is 3.17. The number of benzene rings is 2. The highest BCUT2D eigenvalue weighted by atomic mass is 16.5. The first-order valence-corrected chi connectivity index (χ1v) is 8.40. The lowest BCUT2D eigenvalue weighted by Gasteiger charge is -2.25. The van der Waals surface area contributed by atoms with Gasteiger partial charge in [-0.3, -0.25) is 4.79 Å². The molecule has 1 N–H and O–H groups in total. The van der Waals surface area contributed by atoms with Gasteiger partial charge in [0.2, 0.25) is 5.91 Å². The molecule has 25 heavy (non-hydrogen) atoms. The number of rotatable bonds is 6. The number of nitrogens with zero attached hydrogens (tertiary/aromatic N) is 1. The number of hydrogen-bond donors (Lipinski definition) is 1. The van der Waals surface area contributed by atoms with E-state index in [2.05, 4.69) is 0 Å². The molecule has 3 rings (SSSR count). The zero-order valence-corrected chi connectivity index (χ0v) is 14.3. The lowest BCUT2D eigenvalue weighted by molar-refractivity contribution is -0.137. The van der Waals surface area contributed by atoms with Crippen LogP contribution in [0.2, 0.25) is 0 Å². The van der Waals surface area contributed by atoms with Crippen molar-refractivity contribution in [2.24, 2.45) is 0 Å².